The van der Waals surface area contributed by atoms with Crippen molar-refractivity contribution in [2.24, 2.45) is 5.41 Å². The molecule has 2 N–H and O–H groups in total. The zero-order chi connectivity index (χ0) is 24.7. The molecule has 0 bridgehead atoms. The van der Waals surface area contributed by atoms with Gasteiger partial charge in [0.25, 0.3) is 0 Å². The minimum Gasteiger partial charge on any atom is -0.480 e. The number of nitrogens with one attached hydrogen (secondary N) is 1. The molecule has 8 heteroatoms. The molecule has 0 saturated carbocycles. The van der Waals surface area contributed by atoms with Crippen molar-refractivity contribution in [2.45, 2.75) is 45.1 Å². The third-order valence-electron chi connectivity index (χ3n) is 6.72. The second-order valence-corrected chi connectivity index (χ2v) is 9.93. The van der Waals surface area contributed by atoms with Gasteiger partial charge < -0.3 is 19.7 Å². The number of nitrogens with zero attached hydrogens (tertiary/aromatic N) is 1. The van der Waals surface area contributed by atoms with Crippen molar-refractivity contribution in [1.29, 1.82) is 0 Å². The summed E-state index contributed by atoms with van der Waals surface area (Å²) in [6.45, 7) is 4.00. The molecule has 8 nitrogen and oxygen atoms in total. The first-order valence-electron chi connectivity index (χ1n) is 11.6. The Morgan fingerprint density at radius 1 is 1.11 bits per heavy atom. The smallest absolute Gasteiger partial charge is 0.407 e. The number of ketones is 1. The largest absolute Gasteiger partial charge is 0.480 e. The lowest BCUT2D eigenvalue weighted by molar-refractivity contribution is -0.139. The summed E-state index contributed by atoms with van der Waals surface area (Å²) in [5.74, 6) is -1.05. The summed E-state index contributed by atoms with van der Waals surface area (Å²) in [6, 6.07) is 14.6. The average Bonchev–Trinajstić information content (AvgIpc) is 3.35. The highest BCUT2D eigenvalue weighted by Crippen LogP contribution is 2.44. The molecule has 1 heterocycles. The molecule has 0 saturated heterocycles. The Balaban J connectivity index is 1.27. The molecule has 5 rings (SSSR count). The van der Waals surface area contributed by atoms with E-state index in [4.69, 9.17) is 9.26 Å². The summed E-state index contributed by atoms with van der Waals surface area (Å²) in [6.07, 6.45) is -0.154. The van der Waals surface area contributed by atoms with Crippen LogP contribution in [0.15, 0.2) is 53.1 Å². The summed E-state index contributed by atoms with van der Waals surface area (Å²) in [5.41, 5.74) is 4.66. The number of fused-ring (bicyclic) bond motifs is 4. The number of aliphatic carboxylic acids is 1. The third-order valence-corrected chi connectivity index (χ3v) is 6.72. The topological polar surface area (TPSA) is 119 Å². The van der Waals surface area contributed by atoms with Gasteiger partial charge in [0.2, 0.25) is 0 Å². The van der Waals surface area contributed by atoms with Gasteiger partial charge in [-0.3, -0.25) is 4.79 Å². The second kappa shape index (κ2) is 8.69. The highest BCUT2D eigenvalue weighted by Gasteiger charge is 2.37. The fourth-order valence-electron chi connectivity index (χ4n) is 5.13. The van der Waals surface area contributed by atoms with Crippen LogP contribution >= 0.6 is 0 Å². The van der Waals surface area contributed by atoms with Crippen LogP contribution in [0.5, 0.6) is 0 Å². The van der Waals surface area contributed by atoms with Crippen molar-refractivity contribution in [1.82, 2.24) is 10.5 Å². The number of hydrogen-bond donors (Lipinski definition) is 2. The van der Waals surface area contributed by atoms with Crippen molar-refractivity contribution >= 4 is 17.8 Å². The Morgan fingerprint density at radius 2 is 1.74 bits per heavy atom. The molecule has 180 valence electrons. The number of Topliss-reactive ketones (excluding diaryl/α,β-unsaturated/α-hetero) is 1. The van der Waals surface area contributed by atoms with Gasteiger partial charge in [0.05, 0.1) is 11.3 Å². The highest BCUT2D eigenvalue weighted by atomic mass is 16.5. The molecule has 2 aliphatic carbocycles. The van der Waals surface area contributed by atoms with Crippen LogP contribution in [0.4, 0.5) is 4.79 Å². The van der Waals surface area contributed by atoms with Crippen LogP contribution in [0, 0.1) is 5.41 Å². The summed E-state index contributed by atoms with van der Waals surface area (Å²) >= 11 is 0. The minimum absolute atomic E-state index is 0.0686. The molecule has 0 radical (unpaired) electrons. The second-order valence-electron chi connectivity index (χ2n) is 9.93. The first-order valence-corrected chi connectivity index (χ1v) is 11.6. The number of carbonyl (C=O) groups excluding carboxylic acids is 2. The Kier molecular flexibility index (Phi) is 5.67. The maximum Gasteiger partial charge on any atom is 0.407 e. The van der Waals surface area contributed by atoms with Gasteiger partial charge in [0, 0.05) is 25.2 Å². The molecule has 2 aromatic carbocycles. The maximum atomic E-state index is 12.6. The van der Waals surface area contributed by atoms with Gasteiger partial charge in [0.1, 0.15) is 18.4 Å². The Morgan fingerprint density at radius 3 is 2.37 bits per heavy atom. The van der Waals surface area contributed by atoms with Crippen molar-refractivity contribution in [3.63, 3.8) is 0 Å². The zero-order valence-corrected chi connectivity index (χ0v) is 19.5. The molecule has 2 aliphatic rings. The number of rotatable bonds is 6. The Bertz CT molecular complexity index is 1280. The number of amides is 1. The van der Waals surface area contributed by atoms with Crippen LogP contribution in [0.3, 0.4) is 0 Å². The number of aromatic nitrogens is 1. The van der Waals surface area contributed by atoms with E-state index in [-0.39, 0.29) is 35.8 Å². The molecule has 0 aliphatic heterocycles. The molecule has 3 aromatic rings. The van der Waals surface area contributed by atoms with Crippen LogP contribution in [0.2, 0.25) is 0 Å². The van der Waals surface area contributed by atoms with Gasteiger partial charge in [-0.25, -0.2) is 9.59 Å². The van der Waals surface area contributed by atoms with E-state index in [1.807, 2.05) is 62.4 Å². The average molecular weight is 475 g/mol. The first-order chi connectivity index (χ1) is 16.7. The lowest BCUT2D eigenvalue weighted by Crippen LogP contribution is -2.43. The first kappa shape index (κ1) is 22.8. The van der Waals surface area contributed by atoms with Crippen LogP contribution in [0.25, 0.3) is 11.1 Å². The van der Waals surface area contributed by atoms with E-state index in [0.29, 0.717) is 24.2 Å². The van der Waals surface area contributed by atoms with Gasteiger partial charge >= 0.3 is 12.1 Å². The van der Waals surface area contributed by atoms with E-state index in [1.54, 1.807) is 0 Å². The fraction of sp³-hybridized carbons (Fsp3) is 0.333. The monoisotopic (exact) mass is 474 g/mol. The number of alkyl carbamates (subject to hydrolysis) is 1. The molecule has 35 heavy (non-hydrogen) atoms. The van der Waals surface area contributed by atoms with Gasteiger partial charge in [-0.15, -0.1) is 0 Å². The van der Waals surface area contributed by atoms with Crippen molar-refractivity contribution < 1.29 is 28.8 Å². The molecule has 1 amide bonds. The number of carboxylic acid groups (broad SMARTS) is 1. The molecular formula is C27H26N2O6. The summed E-state index contributed by atoms with van der Waals surface area (Å²) < 4.78 is 10.8. The Hall–Kier alpha value is -3.94. The number of ether oxygens (including phenoxy) is 1. The highest BCUT2D eigenvalue weighted by molar-refractivity contribution is 5.99. The summed E-state index contributed by atoms with van der Waals surface area (Å²) in [4.78, 5) is 37.1. The molecular weight excluding hydrogens is 448 g/mol. The van der Waals surface area contributed by atoms with E-state index < -0.39 is 18.1 Å². The number of benzene rings is 2. The van der Waals surface area contributed by atoms with Crippen LogP contribution in [0.1, 0.15) is 59.1 Å². The zero-order valence-electron chi connectivity index (χ0n) is 19.5. The van der Waals surface area contributed by atoms with E-state index in [9.17, 15) is 19.5 Å². The molecule has 1 atom stereocenters. The maximum absolute atomic E-state index is 12.6. The third kappa shape index (κ3) is 4.32. The standard InChI is InChI=1S/C27H26N2O6/c1-27(2)12-22(30)24-20(29-35-23(24)13-27)11-21(25(31)32)28-26(33)34-14-19-17-9-5-3-7-15(17)16-8-4-6-10-18(16)19/h3-10,19,21H,11-14H2,1-2H3,(H,28,33)(H,31,32)/t21-/m0/s1. The summed E-state index contributed by atoms with van der Waals surface area (Å²) in [5, 5.41) is 16.1. The predicted molar refractivity (Wildman–Crippen MR) is 126 cm³/mol. The van der Waals surface area contributed by atoms with Crippen molar-refractivity contribution in [2.75, 3.05) is 6.61 Å². The van der Waals surface area contributed by atoms with E-state index in [2.05, 4.69) is 10.5 Å². The van der Waals surface area contributed by atoms with E-state index in [0.717, 1.165) is 22.3 Å². The minimum atomic E-state index is -1.32. The lowest BCUT2D eigenvalue weighted by Gasteiger charge is -2.26. The quantitative estimate of drug-likeness (QED) is 0.545. The van der Waals surface area contributed by atoms with Crippen LogP contribution < -0.4 is 5.32 Å². The van der Waals surface area contributed by atoms with Crippen LogP contribution in [-0.2, 0) is 22.4 Å². The number of carbonyl (C=O) groups is 3. The normalized spacial score (nSPS) is 16.7. The lowest BCUT2D eigenvalue weighted by atomic mass is 9.76. The van der Waals surface area contributed by atoms with Gasteiger partial charge in [-0.1, -0.05) is 67.5 Å². The molecule has 1 aromatic heterocycles. The van der Waals surface area contributed by atoms with Gasteiger partial charge in [0.15, 0.2) is 5.78 Å². The van der Waals surface area contributed by atoms with Crippen molar-refractivity contribution in [3.05, 3.63) is 76.7 Å². The fourth-order valence-corrected chi connectivity index (χ4v) is 5.13. The molecule has 0 spiro atoms. The SMILES string of the molecule is CC1(C)CC(=O)c2c(C[C@H](NC(=O)OCC3c4ccccc4-c4ccccc43)C(=O)O)noc2C1. The predicted octanol–water partition coefficient (Wildman–Crippen LogP) is 4.36. The number of hydrogen-bond acceptors (Lipinski definition) is 6. The number of carboxylic acids is 1. The summed E-state index contributed by atoms with van der Waals surface area (Å²) in [7, 11) is 0. The van der Waals surface area contributed by atoms with E-state index >= 15 is 0 Å². The van der Waals surface area contributed by atoms with E-state index in [1.165, 1.54) is 0 Å². The molecule has 0 fully saturated rings. The van der Waals surface area contributed by atoms with Gasteiger partial charge in [-0.2, -0.15) is 0 Å². The van der Waals surface area contributed by atoms with Gasteiger partial charge in [-0.05, 0) is 27.7 Å². The van der Waals surface area contributed by atoms with Crippen molar-refractivity contribution in [3.8, 4) is 11.1 Å². The van der Waals surface area contributed by atoms with Crippen LogP contribution in [-0.4, -0.2) is 40.8 Å². The molecule has 0 unspecified atom stereocenters. The Labute approximate surface area is 202 Å².